The Hall–Kier alpha value is -2.40. The van der Waals surface area contributed by atoms with E-state index < -0.39 is 0 Å². The van der Waals surface area contributed by atoms with Crippen LogP contribution < -0.4 is 0 Å². The molecule has 2 atom stereocenters. The highest BCUT2D eigenvalue weighted by Crippen LogP contribution is 2.53. The molecule has 1 aromatic carbocycles. The molecule has 24 heavy (non-hydrogen) atoms. The summed E-state index contributed by atoms with van der Waals surface area (Å²) in [6.07, 6.45) is 4.69. The molecule has 1 saturated heterocycles. The molecule has 4 rings (SSSR count). The molecule has 1 fully saturated rings. The van der Waals surface area contributed by atoms with Gasteiger partial charge in [0.25, 0.3) is 0 Å². The lowest BCUT2D eigenvalue weighted by Gasteiger charge is -2.48. The largest absolute Gasteiger partial charge is 0.445 e. The minimum absolute atomic E-state index is 0.0149. The van der Waals surface area contributed by atoms with Crippen molar-refractivity contribution in [3.05, 3.63) is 54.1 Å². The summed E-state index contributed by atoms with van der Waals surface area (Å²) in [5, 5.41) is 9.92. The molecule has 2 bridgehead atoms. The Kier molecular flexibility index (Phi) is 3.53. The first-order valence-electron chi connectivity index (χ1n) is 8.25. The van der Waals surface area contributed by atoms with Gasteiger partial charge in [-0.2, -0.15) is 0 Å². The van der Waals surface area contributed by atoms with Crippen molar-refractivity contribution in [1.82, 2.24) is 4.90 Å². The van der Waals surface area contributed by atoms with Gasteiger partial charge < -0.3 is 9.84 Å². The van der Waals surface area contributed by atoms with Crippen molar-refractivity contribution in [3.8, 4) is 0 Å². The lowest BCUT2D eigenvalue weighted by Crippen LogP contribution is -2.60. The molecule has 124 valence electrons. The highest BCUT2D eigenvalue weighted by Gasteiger charge is 2.55. The summed E-state index contributed by atoms with van der Waals surface area (Å²) in [5.74, 6) is 0. The number of para-hydroxylation sites is 1. The fourth-order valence-electron chi connectivity index (χ4n) is 4.30. The summed E-state index contributed by atoms with van der Waals surface area (Å²) in [4.78, 5) is 19.0. The molecule has 0 aromatic heterocycles. The maximum atomic E-state index is 12.4. The molecule has 2 unspecified atom stereocenters. The molecule has 1 aliphatic carbocycles. The molecule has 5 heteroatoms. The van der Waals surface area contributed by atoms with E-state index in [1.807, 2.05) is 18.2 Å². The highest BCUT2D eigenvalue weighted by atomic mass is 16.6. The third kappa shape index (κ3) is 1.91. The number of likely N-dealkylation sites (tertiary alicyclic amines) is 1. The molecule has 0 radical (unpaired) electrons. The number of nitrogens with zero attached hydrogens (tertiary/aromatic N) is 2. The predicted octanol–water partition coefficient (Wildman–Crippen LogP) is 2.73. The number of hydrogen-bond acceptors (Lipinski definition) is 4. The van der Waals surface area contributed by atoms with Gasteiger partial charge in [0.2, 0.25) is 0 Å². The molecule has 2 aliphatic heterocycles. The molecule has 0 saturated carbocycles. The maximum absolute atomic E-state index is 12.4. The second kappa shape index (κ2) is 5.60. The second-order valence-electron chi connectivity index (χ2n) is 6.37. The average molecular weight is 324 g/mol. The number of carbonyl (C=O) groups excluding carboxylic acids is 1. The van der Waals surface area contributed by atoms with Crippen molar-refractivity contribution in [3.63, 3.8) is 0 Å². The third-order valence-corrected chi connectivity index (χ3v) is 5.33. The number of aliphatic imine (C=N–C) groups is 1. The van der Waals surface area contributed by atoms with E-state index >= 15 is 0 Å². The second-order valence-corrected chi connectivity index (χ2v) is 6.37. The third-order valence-electron chi connectivity index (χ3n) is 5.33. The molecular weight excluding hydrogens is 304 g/mol. The molecular formula is C19H20N2O3. The summed E-state index contributed by atoms with van der Waals surface area (Å²) in [6, 6.07) is 7.96. The molecule has 0 spiro atoms. The van der Waals surface area contributed by atoms with Crippen LogP contribution in [0.15, 0.2) is 53.6 Å². The molecule has 3 aliphatic rings. The quantitative estimate of drug-likeness (QED) is 0.870. The Bertz CT molecular complexity index is 768. The Morgan fingerprint density at radius 1 is 1.50 bits per heavy atom. The normalized spacial score (nSPS) is 26.9. The van der Waals surface area contributed by atoms with Crippen LogP contribution in [-0.4, -0.2) is 47.6 Å². The van der Waals surface area contributed by atoms with Crippen LogP contribution in [0.4, 0.5) is 10.5 Å². The van der Waals surface area contributed by atoms with Crippen LogP contribution in [0.3, 0.4) is 0 Å². The number of carbonyl (C=O) groups is 1. The number of ether oxygens (including phenoxy) is 1. The molecule has 1 N–H and O–H groups in total. The van der Waals surface area contributed by atoms with Gasteiger partial charge in [-0.3, -0.25) is 9.89 Å². The van der Waals surface area contributed by atoms with Gasteiger partial charge in [-0.25, -0.2) is 4.79 Å². The summed E-state index contributed by atoms with van der Waals surface area (Å²) < 4.78 is 5.24. The van der Waals surface area contributed by atoms with Gasteiger partial charge in [-0.1, -0.05) is 36.9 Å². The molecule has 2 heterocycles. The van der Waals surface area contributed by atoms with Crippen molar-refractivity contribution in [2.24, 2.45) is 4.99 Å². The summed E-state index contributed by atoms with van der Waals surface area (Å²) in [6.45, 7) is 4.39. The monoisotopic (exact) mass is 324 g/mol. The zero-order valence-corrected chi connectivity index (χ0v) is 13.4. The van der Waals surface area contributed by atoms with Crippen LogP contribution >= 0.6 is 0 Å². The van der Waals surface area contributed by atoms with Gasteiger partial charge in [-0.15, -0.1) is 0 Å². The lowest BCUT2D eigenvalue weighted by atomic mass is 9.62. The van der Waals surface area contributed by atoms with Crippen molar-refractivity contribution in [2.45, 2.75) is 24.3 Å². The van der Waals surface area contributed by atoms with Crippen LogP contribution in [0, 0.1) is 0 Å². The van der Waals surface area contributed by atoms with E-state index in [0.717, 1.165) is 29.0 Å². The van der Waals surface area contributed by atoms with Crippen molar-refractivity contribution < 1.29 is 14.6 Å². The van der Waals surface area contributed by atoms with E-state index in [1.54, 1.807) is 11.0 Å². The van der Waals surface area contributed by atoms with Crippen LogP contribution in [0.25, 0.3) is 0 Å². The predicted molar refractivity (Wildman–Crippen MR) is 91.7 cm³/mol. The first kappa shape index (κ1) is 15.1. The number of benzene rings is 1. The van der Waals surface area contributed by atoms with E-state index in [-0.39, 0.29) is 30.8 Å². The zero-order chi connectivity index (χ0) is 16.7. The Morgan fingerprint density at radius 2 is 2.33 bits per heavy atom. The van der Waals surface area contributed by atoms with Crippen LogP contribution in [0.5, 0.6) is 0 Å². The van der Waals surface area contributed by atoms with Gasteiger partial charge in [0.05, 0.1) is 29.5 Å². The Labute approximate surface area is 141 Å². The Balaban J connectivity index is 1.78. The first-order chi connectivity index (χ1) is 11.7. The number of aliphatic hydroxyl groups excluding tert-OH is 1. The Morgan fingerprint density at radius 3 is 3.12 bits per heavy atom. The standard InChI is InChI=1S/C19H20N2O3/c1-2-11-24-18(23)21-10-9-19-13(12-22)7-8-16(21)17(19)20-15-6-4-3-5-14(15)19/h2-7,16,22H,1,8-12H2. The molecule has 1 amide bonds. The van der Waals surface area contributed by atoms with Crippen LogP contribution in [0.2, 0.25) is 0 Å². The zero-order valence-electron chi connectivity index (χ0n) is 13.4. The number of rotatable bonds is 3. The molecule has 5 nitrogen and oxygen atoms in total. The highest BCUT2D eigenvalue weighted by molar-refractivity contribution is 6.10. The maximum Gasteiger partial charge on any atom is 0.410 e. The van der Waals surface area contributed by atoms with Crippen molar-refractivity contribution in [2.75, 3.05) is 19.8 Å². The summed E-state index contributed by atoms with van der Waals surface area (Å²) in [7, 11) is 0. The molecule has 1 aromatic rings. The summed E-state index contributed by atoms with van der Waals surface area (Å²) >= 11 is 0. The van der Waals surface area contributed by atoms with E-state index in [4.69, 9.17) is 9.73 Å². The average Bonchev–Trinajstić information content (AvgIpc) is 2.96. The lowest BCUT2D eigenvalue weighted by molar-refractivity contribution is 0.0954. The van der Waals surface area contributed by atoms with E-state index in [0.29, 0.717) is 13.0 Å². The van der Waals surface area contributed by atoms with Gasteiger partial charge in [0.1, 0.15) is 6.61 Å². The van der Waals surface area contributed by atoms with Gasteiger partial charge in [-0.05, 0) is 30.0 Å². The van der Waals surface area contributed by atoms with E-state index in [2.05, 4.69) is 18.7 Å². The fourth-order valence-corrected chi connectivity index (χ4v) is 4.30. The first-order valence-corrected chi connectivity index (χ1v) is 8.25. The van der Waals surface area contributed by atoms with Crippen LogP contribution in [-0.2, 0) is 10.2 Å². The minimum Gasteiger partial charge on any atom is -0.445 e. The van der Waals surface area contributed by atoms with E-state index in [9.17, 15) is 9.90 Å². The van der Waals surface area contributed by atoms with E-state index in [1.165, 1.54) is 0 Å². The number of fused-ring (bicyclic) bond motifs is 1. The minimum atomic E-state index is -0.358. The number of aliphatic hydroxyl groups is 1. The van der Waals surface area contributed by atoms with Gasteiger partial charge in [0.15, 0.2) is 0 Å². The fraction of sp³-hybridized carbons (Fsp3) is 0.368. The number of amides is 1. The smallest absolute Gasteiger partial charge is 0.410 e. The van der Waals surface area contributed by atoms with Gasteiger partial charge >= 0.3 is 6.09 Å². The summed E-state index contributed by atoms with van der Waals surface area (Å²) in [5.41, 5.74) is 3.70. The van der Waals surface area contributed by atoms with Crippen molar-refractivity contribution >= 4 is 17.5 Å². The SMILES string of the molecule is C=CCOC(=O)N1CCC23C(CO)=CCC1C2=Nc1ccccc13. The van der Waals surface area contributed by atoms with Crippen molar-refractivity contribution in [1.29, 1.82) is 0 Å². The number of piperidine rings is 1. The van der Waals surface area contributed by atoms with Gasteiger partial charge in [0, 0.05) is 6.54 Å². The topological polar surface area (TPSA) is 62.1 Å². The number of hydrogen-bond donors (Lipinski definition) is 1. The van der Waals surface area contributed by atoms with Crippen LogP contribution in [0.1, 0.15) is 18.4 Å².